The molecule has 0 spiro atoms. The number of hydrogen-bond acceptors (Lipinski definition) is 21. The number of pyridine rings is 1. The molecule has 2 amide bonds. The fraction of sp³-hybridized carbons (Fsp3) is 0.919. The standard InChI is InChI=1S/C13H25N3O.C12H18N2.C10H20N2O.C9H19N3O.2C9H18N2.2C8H18N2.C7H13F3N2.CH4/c1-13(2,12(17)15-6-4-5-7-15)16-10-8-14(3)9-11-16;1-14-7-4-11(5-8-14)9-12-3-2-6-13-10-12;1-11-4-2-10(3-5-11)12-6-8-13-9-7-12;1-9(2,8(10)13)12-6-4-11(3)5-7-12;1-10-7-3-9(4-8-10)11-5-2-6-11;1-10-4-6-11(7-5-10)8-9-2-3-9;1-9(2)8-4-6-10(3)7-5-8;1-8(2)10-6-4-9(3)5-7-10;1-11-2-4-12(5-3-11)6-7(8,9)10;/h4-11H2,1-3H3;2-3,6,10-11H,4-5,7-9H2,1H3;10H,2-9H2,1H3;4-7H2,1-3H3,(H2,10,13);2*9H,2-8H2,1H3;2*8H,4-7H2,1-3H3;2-6H2,1H3;1H4. The van der Waals surface area contributed by atoms with Gasteiger partial charge in [-0.1, -0.05) is 13.5 Å². The van der Waals surface area contributed by atoms with Gasteiger partial charge in [-0.25, -0.2) is 0 Å². The van der Waals surface area contributed by atoms with Gasteiger partial charge in [-0.2, -0.15) is 13.2 Å². The fourth-order valence-corrected chi connectivity index (χ4v) is 16.6. The second-order valence-electron chi connectivity index (χ2n) is 36.7. The smallest absolute Gasteiger partial charge is 0.379 e. The van der Waals surface area contributed by atoms with E-state index in [1.165, 1.54) is 225 Å². The number of piperidine rings is 4. The van der Waals surface area contributed by atoms with E-state index in [0.29, 0.717) is 19.0 Å². The van der Waals surface area contributed by atoms with E-state index in [1.807, 2.05) is 49.2 Å². The number of alkyl halides is 3. The number of hydrogen-bond donors (Lipinski definition) is 1. The first-order chi connectivity index (χ1) is 52.7. The number of morpholine rings is 1. The predicted molar refractivity (Wildman–Crippen MR) is 461 cm³/mol. The second-order valence-corrected chi connectivity index (χ2v) is 36.7. The van der Waals surface area contributed by atoms with Crippen LogP contribution in [0.5, 0.6) is 0 Å². The summed E-state index contributed by atoms with van der Waals surface area (Å²) in [4.78, 5) is 69.7. The van der Waals surface area contributed by atoms with Gasteiger partial charge in [0.1, 0.15) is 0 Å². The molecule has 0 aromatic carbocycles. The number of halogens is 3. The first-order valence-corrected chi connectivity index (χ1v) is 43.9. The fourth-order valence-electron chi connectivity index (χ4n) is 16.6. The number of primary amides is 1. The van der Waals surface area contributed by atoms with Crippen molar-refractivity contribution in [3.8, 4) is 0 Å². The van der Waals surface area contributed by atoms with Gasteiger partial charge in [0, 0.05) is 200 Å². The number of rotatable bonds is 13. The van der Waals surface area contributed by atoms with Crippen molar-refractivity contribution in [1.82, 2.24) is 93.2 Å². The van der Waals surface area contributed by atoms with Gasteiger partial charge in [0.25, 0.3) is 0 Å². The van der Waals surface area contributed by atoms with Gasteiger partial charge in [0.15, 0.2) is 0 Å². The van der Waals surface area contributed by atoms with Crippen LogP contribution in [0.25, 0.3) is 0 Å². The third kappa shape index (κ3) is 38.9. The van der Waals surface area contributed by atoms with Crippen molar-refractivity contribution >= 4 is 11.8 Å². The molecule has 1 aromatic rings. The summed E-state index contributed by atoms with van der Waals surface area (Å²) in [6, 6.07) is 7.54. The lowest BCUT2D eigenvalue weighted by Gasteiger charge is -2.43. The zero-order valence-electron chi connectivity index (χ0n) is 74.0. The molecule has 112 heavy (non-hydrogen) atoms. The summed E-state index contributed by atoms with van der Waals surface area (Å²) in [6.07, 6.45) is 18.6. The van der Waals surface area contributed by atoms with Gasteiger partial charge in [0.05, 0.1) is 30.8 Å². The summed E-state index contributed by atoms with van der Waals surface area (Å²) >= 11 is 0. The lowest BCUT2D eigenvalue weighted by Crippen LogP contribution is -2.60. The largest absolute Gasteiger partial charge is 0.401 e. The number of amides is 2. The van der Waals surface area contributed by atoms with E-state index < -0.39 is 18.3 Å². The van der Waals surface area contributed by atoms with E-state index in [4.69, 9.17) is 10.5 Å². The average molecular weight is 1590 g/mol. The van der Waals surface area contributed by atoms with Gasteiger partial charge >= 0.3 is 6.18 Å². The maximum Gasteiger partial charge on any atom is 0.401 e. The van der Waals surface area contributed by atoms with Crippen LogP contribution >= 0.6 is 0 Å². The Morgan fingerprint density at radius 3 is 1.23 bits per heavy atom. The molecule has 0 atom stereocenters. The van der Waals surface area contributed by atoms with Crippen LogP contribution in [-0.4, -0.2) is 473 Å². The Morgan fingerprint density at radius 1 is 0.473 bits per heavy atom. The molecule has 0 unspecified atom stereocenters. The predicted octanol–water partition coefficient (Wildman–Crippen LogP) is 6.66. The summed E-state index contributed by atoms with van der Waals surface area (Å²) in [6.45, 7) is 52.7. The quantitative estimate of drug-likeness (QED) is 0.225. The lowest BCUT2D eigenvalue weighted by molar-refractivity contribution is -0.149. The van der Waals surface area contributed by atoms with E-state index >= 15 is 0 Å². The van der Waals surface area contributed by atoms with E-state index in [9.17, 15) is 22.8 Å². The highest BCUT2D eigenvalue weighted by atomic mass is 19.4. The lowest BCUT2D eigenvalue weighted by atomic mass is 9.91. The number of ether oxygens (including phenoxy) is 1. The van der Waals surface area contributed by atoms with E-state index in [0.717, 1.165) is 141 Å². The molecular formula is C86H171F3N20O3. The van der Waals surface area contributed by atoms with Crippen LogP contribution < -0.4 is 5.73 Å². The van der Waals surface area contributed by atoms with Crippen molar-refractivity contribution in [2.24, 2.45) is 17.6 Å². The molecule has 12 saturated heterocycles. The summed E-state index contributed by atoms with van der Waals surface area (Å²) in [5.74, 6) is 2.02. The maximum atomic E-state index is 12.5. The van der Waals surface area contributed by atoms with Crippen LogP contribution in [0, 0.1) is 11.8 Å². The minimum atomic E-state index is -4.05. The van der Waals surface area contributed by atoms with Crippen LogP contribution in [-0.2, 0) is 20.7 Å². The number of likely N-dealkylation sites (N-methyl/N-ethyl adjacent to an activating group) is 5. The third-order valence-corrected chi connectivity index (χ3v) is 26.0. The molecule has 0 radical (unpaired) electrons. The molecule has 23 nitrogen and oxygen atoms in total. The molecule has 13 heterocycles. The number of carbonyl (C=O) groups is 2. The Labute approximate surface area is 683 Å². The molecule has 1 saturated carbocycles. The Morgan fingerprint density at radius 2 is 0.857 bits per heavy atom. The SMILES string of the molecule is C.CC(C)N1CCN(C)CC1.CN1CCC(Cc2cccnc2)CC1.CN1CCC(N(C)C)CC1.CN1CCC(N2CCC2)CC1.CN1CCC(N2CCOCC2)CC1.CN1CCN(C(C)(C)C(=O)N2CCCC2)CC1.CN1CCN(C(C)(C)C(N)=O)CC1.CN1CCN(CC(F)(F)F)CC1.CN1CCN(CC2CC2)CC1. The number of nitrogens with two attached hydrogens (primary N) is 1. The molecule has 0 bridgehead atoms. The highest BCUT2D eigenvalue weighted by Crippen LogP contribution is 2.30. The highest BCUT2D eigenvalue weighted by Gasteiger charge is 2.40. The number of aromatic nitrogens is 1. The number of piperazine rings is 5. The monoisotopic (exact) mass is 1590 g/mol. The van der Waals surface area contributed by atoms with Gasteiger partial charge < -0.3 is 74.2 Å². The Bertz CT molecular complexity index is 2520. The molecule has 654 valence electrons. The summed E-state index contributed by atoms with van der Waals surface area (Å²) < 4.78 is 41.0. The minimum Gasteiger partial charge on any atom is -0.379 e. The first kappa shape index (κ1) is 99.7. The summed E-state index contributed by atoms with van der Waals surface area (Å²) in [7, 11) is 23.8. The van der Waals surface area contributed by atoms with Crippen molar-refractivity contribution in [2.75, 3.05) is 326 Å². The number of likely N-dealkylation sites (tertiary alicyclic amines) is 6. The van der Waals surface area contributed by atoms with Crippen molar-refractivity contribution in [3.63, 3.8) is 0 Å². The molecular weight excluding hydrogens is 1420 g/mol. The Kier molecular flexibility index (Phi) is 46.5. The Hall–Kier alpha value is -2.84. The van der Waals surface area contributed by atoms with Crippen LogP contribution in [0.3, 0.4) is 0 Å². The minimum absolute atomic E-state index is 0. The van der Waals surface area contributed by atoms with E-state index in [-0.39, 0.29) is 18.9 Å². The zero-order chi connectivity index (χ0) is 81.1. The molecule has 2 N–H and O–H groups in total. The van der Waals surface area contributed by atoms with Gasteiger partial charge in [-0.3, -0.25) is 39.1 Å². The molecule has 14 rings (SSSR count). The highest BCUT2D eigenvalue weighted by molar-refractivity contribution is 5.85. The molecule has 1 aromatic heterocycles. The first-order valence-electron chi connectivity index (χ1n) is 43.9. The topological polar surface area (TPSA) is 141 Å². The van der Waals surface area contributed by atoms with Crippen molar-refractivity contribution < 1.29 is 27.5 Å². The van der Waals surface area contributed by atoms with Gasteiger partial charge in [-0.05, 0) is 298 Å². The van der Waals surface area contributed by atoms with E-state index in [1.54, 1.807) is 0 Å². The molecule has 26 heteroatoms. The average Bonchev–Trinajstić information content (AvgIpc) is 1.31. The van der Waals surface area contributed by atoms with Crippen LogP contribution in [0.2, 0.25) is 0 Å². The summed E-state index contributed by atoms with van der Waals surface area (Å²) in [5, 5.41) is 0. The van der Waals surface area contributed by atoms with Crippen LogP contribution in [0.15, 0.2) is 24.5 Å². The van der Waals surface area contributed by atoms with Gasteiger partial charge in [0.2, 0.25) is 11.8 Å². The van der Waals surface area contributed by atoms with Crippen LogP contribution in [0.4, 0.5) is 13.2 Å². The molecule has 13 aliphatic rings. The zero-order valence-corrected chi connectivity index (χ0v) is 74.0. The molecule has 12 aliphatic heterocycles. The molecule has 1 aliphatic carbocycles. The normalized spacial score (nSPS) is 24.7. The van der Waals surface area contributed by atoms with Crippen molar-refractivity contribution in [3.05, 3.63) is 30.1 Å². The van der Waals surface area contributed by atoms with Crippen molar-refractivity contribution in [1.29, 1.82) is 0 Å². The number of nitrogens with zero attached hydrogens (tertiary/aromatic N) is 19. The number of carbonyl (C=O) groups excluding carboxylic acids is 2. The second kappa shape index (κ2) is 52.3. The van der Waals surface area contributed by atoms with Gasteiger partial charge in [-0.15, -0.1) is 0 Å². The summed E-state index contributed by atoms with van der Waals surface area (Å²) in [5.41, 5.74) is 5.91. The third-order valence-electron chi connectivity index (χ3n) is 26.0. The van der Waals surface area contributed by atoms with E-state index in [2.05, 4.69) is 183 Å². The Balaban J connectivity index is 0.000000226. The van der Waals surface area contributed by atoms with Crippen molar-refractivity contribution in [2.45, 2.75) is 180 Å². The maximum absolute atomic E-state index is 12.5. The van der Waals surface area contributed by atoms with Crippen LogP contribution in [0.1, 0.15) is 138 Å². The molecule has 13 fully saturated rings.